The monoisotopic (exact) mass is 357 g/mol. The van der Waals surface area contributed by atoms with Crippen molar-refractivity contribution in [1.82, 2.24) is 9.78 Å². The second-order valence-corrected chi connectivity index (χ2v) is 6.85. The Kier molecular flexibility index (Phi) is 5.12. The van der Waals surface area contributed by atoms with Crippen molar-refractivity contribution >= 4 is 34.7 Å². The minimum absolute atomic E-state index is 0.203. The van der Waals surface area contributed by atoms with Gasteiger partial charge in [0.1, 0.15) is 5.69 Å². The van der Waals surface area contributed by atoms with Gasteiger partial charge in [-0.25, -0.2) is 4.68 Å². The number of amides is 1. The minimum atomic E-state index is -0.339. The molecule has 0 unspecified atom stereocenters. The van der Waals surface area contributed by atoms with E-state index in [9.17, 15) is 9.59 Å². The topological polar surface area (TPSA) is 64.0 Å². The first-order valence-corrected chi connectivity index (χ1v) is 9.15. The average molecular weight is 357 g/mol. The highest BCUT2D eigenvalue weighted by atomic mass is 32.2. The highest BCUT2D eigenvalue weighted by Crippen LogP contribution is 2.30. The maximum absolute atomic E-state index is 12.4. The molecule has 7 heteroatoms. The number of nitrogens with zero attached hydrogens (tertiary/aromatic N) is 2. The van der Waals surface area contributed by atoms with Gasteiger partial charge in [0, 0.05) is 23.8 Å². The summed E-state index contributed by atoms with van der Waals surface area (Å²) < 4.78 is 1.14. The molecule has 2 heterocycles. The molecule has 0 saturated carbocycles. The van der Waals surface area contributed by atoms with Crippen LogP contribution in [-0.2, 0) is 12.8 Å². The molecule has 0 aliphatic carbocycles. The lowest BCUT2D eigenvalue weighted by molar-refractivity contribution is 0.102. The van der Waals surface area contributed by atoms with Gasteiger partial charge < -0.3 is 5.32 Å². The van der Waals surface area contributed by atoms with Crippen LogP contribution in [0.3, 0.4) is 0 Å². The van der Waals surface area contributed by atoms with Crippen molar-refractivity contribution in [3.8, 4) is 0 Å². The molecule has 3 aromatic rings. The lowest BCUT2D eigenvalue weighted by atomic mass is 10.3. The normalized spacial score (nSPS) is 10.5. The summed E-state index contributed by atoms with van der Waals surface area (Å²) in [7, 11) is 1.52. The molecule has 1 N–H and O–H groups in total. The van der Waals surface area contributed by atoms with Crippen LogP contribution in [0.5, 0.6) is 0 Å². The Morgan fingerprint density at radius 3 is 2.83 bits per heavy atom. The minimum Gasteiger partial charge on any atom is -0.320 e. The molecule has 1 aromatic carbocycles. The largest absolute Gasteiger partial charge is 0.320 e. The molecule has 24 heavy (non-hydrogen) atoms. The Morgan fingerprint density at radius 1 is 1.25 bits per heavy atom. The van der Waals surface area contributed by atoms with Gasteiger partial charge in [-0.05, 0) is 40.6 Å². The van der Waals surface area contributed by atoms with Gasteiger partial charge in [-0.1, -0.05) is 12.1 Å². The fraction of sp³-hybridized carbons (Fsp3) is 0.118. The zero-order valence-corrected chi connectivity index (χ0v) is 14.6. The first-order valence-electron chi connectivity index (χ1n) is 7.22. The zero-order chi connectivity index (χ0) is 16.9. The molecule has 1 amide bonds. The highest BCUT2D eigenvalue weighted by molar-refractivity contribution is 7.98. The van der Waals surface area contributed by atoms with Crippen LogP contribution in [0.15, 0.2) is 62.9 Å². The van der Waals surface area contributed by atoms with E-state index in [1.165, 1.54) is 24.7 Å². The Balaban J connectivity index is 1.75. The van der Waals surface area contributed by atoms with E-state index < -0.39 is 0 Å². The Hall–Kier alpha value is -2.38. The third kappa shape index (κ3) is 3.93. The van der Waals surface area contributed by atoms with Gasteiger partial charge in [0.05, 0.1) is 5.69 Å². The Bertz CT molecular complexity index is 904. The molecule has 0 saturated heterocycles. The number of anilines is 1. The highest BCUT2D eigenvalue weighted by Gasteiger charge is 2.11. The quantitative estimate of drug-likeness (QED) is 0.711. The Labute approximate surface area is 147 Å². The van der Waals surface area contributed by atoms with Crippen molar-refractivity contribution in [1.29, 1.82) is 0 Å². The van der Waals surface area contributed by atoms with Gasteiger partial charge >= 0.3 is 0 Å². The third-order valence-electron chi connectivity index (χ3n) is 3.30. The SMILES string of the molecule is Cn1nc(C(=O)Nc2ccccc2SCc2ccsc2)ccc1=O. The van der Waals surface area contributed by atoms with Crippen LogP contribution in [0.4, 0.5) is 5.69 Å². The fourth-order valence-corrected chi connectivity index (χ4v) is 3.77. The maximum Gasteiger partial charge on any atom is 0.276 e. The van der Waals surface area contributed by atoms with E-state index >= 15 is 0 Å². The average Bonchev–Trinajstić information content (AvgIpc) is 3.10. The molecule has 0 spiro atoms. The maximum atomic E-state index is 12.4. The van der Waals surface area contributed by atoms with Gasteiger partial charge in [0.2, 0.25) is 0 Å². The molecule has 5 nitrogen and oxygen atoms in total. The number of aromatic nitrogens is 2. The first-order chi connectivity index (χ1) is 11.6. The van der Waals surface area contributed by atoms with Crippen LogP contribution < -0.4 is 10.9 Å². The van der Waals surface area contributed by atoms with Crippen LogP contribution in [-0.4, -0.2) is 15.7 Å². The molecule has 0 aliphatic heterocycles. The molecule has 0 bridgehead atoms. The van der Waals surface area contributed by atoms with Crippen molar-refractivity contribution in [2.45, 2.75) is 10.6 Å². The van der Waals surface area contributed by atoms with E-state index in [0.29, 0.717) is 0 Å². The number of thiophene rings is 1. The number of aryl methyl sites for hydroxylation is 1. The second-order valence-electron chi connectivity index (χ2n) is 5.05. The molecular formula is C17H15N3O2S2. The lowest BCUT2D eigenvalue weighted by Crippen LogP contribution is -2.23. The summed E-state index contributed by atoms with van der Waals surface area (Å²) in [4.78, 5) is 24.7. The number of hydrogen-bond acceptors (Lipinski definition) is 5. The molecule has 2 aromatic heterocycles. The number of carbonyl (C=O) groups is 1. The zero-order valence-electron chi connectivity index (χ0n) is 12.9. The van der Waals surface area contributed by atoms with Crippen LogP contribution >= 0.6 is 23.1 Å². The van der Waals surface area contributed by atoms with Gasteiger partial charge in [0.25, 0.3) is 11.5 Å². The first kappa shape index (κ1) is 16.5. The summed E-state index contributed by atoms with van der Waals surface area (Å²) >= 11 is 3.33. The van der Waals surface area contributed by atoms with E-state index in [4.69, 9.17) is 0 Å². The number of para-hydroxylation sites is 1. The van der Waals surface area contributed by atoms with Crippen LogP contribution in [0.25, 0.3) is 0 Å². The van der Waals surface area contributed by atoms with Crippen molar-refractivity contribution in [3.05, 3.63) is 74.8 Å². The molecule has 3 rings (SSSR count). The standard InChI is InChI=1S/C17H15N3O2S2/c1-20-16(21)7-6-14(19-20)17(22)18-13-4-2-3-5-15(13)24-11-12-8-9-23-10-12/h2-10H,11H2,1H3,(H,18,22). The van der Waals surface area contributed by atoms with Gasteiger partial charge in [-0.3, -0.25) is 9.59 Å². The number of benzene rings is 1. The summed E-state index contributed by atoms with van der Waals surface area (Å²) in [6.45, 7) is 0. The van der Waals surface area contributed by atoms with Crippen molar-refractivity contribution in [2.24, 2.45) is 7.05 Å². The molecule has 0 fully saturated rings. The van der Waals surface area contributed by atoms with Crippen molar-refractivity contribution in [2.75, 3.05) is 5.32 Å². The van der Waals surface area contributed by atoms with E-state index in [1.54, 1.807) is 23.1 Å². The van der Waals surface area contributed by atoms with Crippen LogP contribution in [0.1, 0.15) is 16.1 Å². The predicted molar refractivity (Wildman–Crippen MR) is 97.8 cm³/mol. The molecule has 122 valence electrons. The van der Waals surface area contributed by atoms with Crippen LogP contribution in [0, 0.1) is 0 Å². The molecule has 0 aliphatic rings. The molecule has 0 radical (unpaired) electrons. The lowest BCUT2D eigenvalue weighted by Gasteiger charge is -2.10. The van der Waals surface area contributed by atoms with E-state index in [-0.39, 0.29) is 17.2 Å². The summed E-state index contributed by atoms with van der Waals surface area (Å²) in [5.41, 5.74) is 1.94. The third-order valence-corrected chi connectivity index (χ3v) is 5.18. The van der Waals surface area contributed by atoms with Crippen molar-refractivity contribution in [3.63, 3.8) is 0 Å². The summed E-state index contributed by atoms with van der Waals surface area (Å²) in [6, 6.07) is 12.5. The van der Waals surface area contributed by atoms with E-state index in [0.717, 1.165) is 21.0 Å². The van der Waals surface area contributed by atoms with E-state index in [1.807, 2.05) is 24.3 Å². The summed E-state index contributed by atoms with van der Waals surface area (Å²) in [5, 5.41) is 11.0. The number of nitrogens with one attached hydrogen (secondary N) is 1. The fourth-order valence-electron chi connectivity index (χ4n) is 2.04. The summed E-state index contributed by atoms with van der Waals surface area (Å²) in [5.74, 6) is 0.503. The van der Waals surface area contributed by atoms with Gasteiger partial charge in [-0.15, -0.1) is 11.8 Å². The predicted octanol–water partition coefficient (Wildman–Crippen LogP) is 3.39. The molecule has 0 atom stereocenters. The number of rotatable bonds is 5. The number of thioether (sulfide) groups is 1. The van der Waals surface area contributed by atoms with Crippen molar-refractivity contribution < 1.29 is 4.79 Å². The smallest absolute Gasteiger partial charge is 0.276 e. The Morgan fingerprint density at radius 2 is 2.08 bits per heavy atom. The number of carbonyl (C=O) groups excluding carboxylic acids is 1. The van der Waals surface area contributed by atoms with Gasteiger partial charge in [0.15, 0.2) is 0 Å². The number of hydrogen-bond donors (Lipinski definition) is 1. The van der Waals surface area contributed by atoms with Crippen LogP contribution in [0.2, 0.25) is 0 Å². The van der Waals surface area contributed by atoms with Gasteiger partial charge in [-0.2, -0.15) is 16.4 Å². The molecular weight excluding hydrogens is 342 g/mol. The van der Waals surface area contributed by atoms with E-state index in [2.05, 4.69) is 27.2 Å². The second kappa shape index (κ2) is 7.46. The summed E-state index contributed by atoms with van der Waals surface area (Å²) in [6.07, 6.45) is 0.